The Morgan fingerprint density at radius 3 is 2.73 bits per heavy atom. The second kappa shape index (κ2) is 5.00. The Bertz CT molecular complexity index is 262. The monoisotopic (exact) mass is 212 g/mol. The van der Waals surface area contributed by atoms with Crippen LogP contribution in [-0.4, -0.2) is 35.9 Å². The van der Waals surface area contributed by atoms with Crippen molar-refractivity contribution in [3.05, 3.63) is 0 Å². The molecule has 0 spiro atoms. The normalized spacial score (nSPS) is 22.5. The smallest absolute Gasteiger partial charge is 0.240 e. The third kappa shape index (κ3) is 3.11. The second-order valence-corrected chi connectivity index (χ2v) is 4.35. The number of nitrogens with zero attached hydrogens (tertiary/aromatic N) is 2. The Morgan fingerprint density at radius 2 is 2.20 bits per heavy atom. The molecule has 0 bridgehead atoms. The van der Waals surface area contributed by atoms with Crippen molar-refractivity contribution in [1.82, 2.24) is 4.90 Å². The molecule has 1 rings (SSSR count). The zero-order chi connectivity index (χ0) is 11.4. The van der Waals surface area contributed by atoms with Crippen molar-refractivity contribution in [3.8, 4) is 0 Å². The maximum atomic E-state index is 11.1. The first-order valence-electron chi connectivity index (χ1n) is 5.38. The van der Waals surface area contributed by atoms with Crippen LogP contribution in [0.25, 0.3) is 0 Å². The highest BCUT2D eigenvalue weighted by molar-refractivity contribution is 5.87. The summed E-state index contributed by atoms with van der Waals surface area (Å²) < 4.78 is 0. The Kier molecular flexibility index (Phi) is 3.94. The molecule has 5 nitrogen and oxygen atoms in total. The van der Waals surface area contributed by atoms with Gasteiger partial charge in [0.25, 0.3) is 0 Å². The first-order chi connectivity index (χ1) is 7.02. The topological polar surface area (TPSA) is 84.7 Å². The molecule has 0 aromatic heterocycles. The van der Waals surface area contributed by atoms with Gasteiger partial charge >= 0.3 is 0 Å². The minimum atomic E-state index is -0.310. The molecule has 1 saturated heterocycles. The number of aliphatic imine (C=N–C) groups is 1. The molecule has 0 aromatic carbocycles. The lowest BCUT2D eigenvalue weighted by atomic mass is 10.2. The number of hydrogen-bond donors (Lipinski definition) is 2. The van der Waals surface area contributed by atoms with E-state index in [1.165, 1.54) is 0 Å². The van der Waals surface area contributed by atoms with Crippen molar-refractivity contribution in [2.24, 2.45) is 22.4 Å². The zero-order valence-electron chi connectivity index (χ0n) is 9.44. The lowest BCUT2D eigenvalue weighted by Crippen LogP contribution is -2.47. The van der Waals surface area contributed by atoms with Crippen molar-refractivity contribution in [2.75, 3.05) is 13.1 Å². The third-order valence-corrected chi connectivity index (χ3v) is 2.49. The van der Waals surface area contributed by atoms with E-state index in [2.05, 4.69) is 18.8 Å². The summed E-state index contributed by atoms with van der Waals surface area (Å²) in [6.07, 6.45) is 1.73. The van der Waals surface area contributed by atoms with Gasteiger partial charge in [0.2, 0.25) is 5.91 Å². The molecule has 1 atom stereocenters. The molecule has 1 heterocycles. The summed E-state index contributed by atoms with van der Waals surface area (Å²) in [6, 6.07) is -0.263. The molecule has 0 saturated carbocycles. The number of amides is 1. The second-order valence-electron chi connectivity index (χ2n) is 4.35. The van der Waals surface area contributed by atoms with E-state index in [1.54, 1.807) is 0 Å². The number of guanidine groups is 1. The molecule has 1 aliphatic heterocycles. The first-order valence-corrected chi connectivity index (χ1v) is 5.38. The van der Waals surface area contributed by atoms with Crippen LogP contribution in [0.1, 0.15) is 26.7 Å². The molecule has 1 aliphatic rings. The van der Waals surface area contributed by atoms with E-state index in [0.29, 0.717) is 18.4 Å². The van der Waals surface area contributed by atoms with Crippen LogP contribution in [0, 0.1) is 5.92 Å². The van der Waals surface area contributed by atoms with Gasteiger partial charge in [-0.25, -0.2) is 0 Å². The molecule has 1 amide bonds. The summed E-state index contributed by atoms with van der Waals surface area (Å²) in [5.41, 5.74) is 11.1. The minimum absolute atomic E-state index is 0.263. The van der Waals surface area contributed by atoms with Crippen LogP contribution in [0.4, 0.5) is 0 Å². The van der Waals surface area contributed by atoms with E-state index < -0.39 is 0 Å². The number of primary amides is 1. The maximum absolute atomic E-state index is 11.1. The average molecular weight is 212 g/mol. The fourth-order valence-corrected chi connectivity index (χ4v) is 1.70. The zero-order valence-corrected chi connectivity index (χ0v) is 9.44. The fourth-order valence-electron chi connectivity index (χ4n) is 1.70. The summed E-state index contributed by atoms with van der Waals surface area (Å²) in [6.45, 7) is 5.62. The Balaban J connectivity index is 2.61. The molecule has 0 aliphatic carbocycles. The highest BCUT2D eigenvalue weighted by Crippen LogP contribution is 2.16. The van der Waals surface area contributed by atoms with E-state index in [-0.39, 0.29) is 11.9 Å². The summed E-state index contributed by atoms with van der Waals surface area (Å²) in [5.74, 6) is 0.610. The Labute approximate surface area is 90.5 Å². The summed E-state index contributed by atoms with van der Waals surface area (Å²) in [5, 5.41) is 0. The van der Waals surface area contributed by atoms with Gasteiger partial charge in [-0.2, -0.15) is 0 Å². The third-order valence-electron chi connectivity index (χ3n) is 2.49. The lowest BCUT2D eigenvalue weighted by Gasteiger charge is -2.23. The molecular formula is C10H20N4O. The van der Waals surface area contributed by atoms with Crippen LogP contribution in [0.3, 0.4) is 0 Å². The van der Waals surface area contributed by atoms with E-state index >= 15 is 0 Å². The van der Waals surface area contributed by atoms with Gasteiger partial charge in [-0.3, -0.25) is 9.79 Å². The van der Waals surface area contributed by atoms with Crippen molar-refractivity contribution in [2.45, 2.75) is 32.7 Å². The van der Waals surface area contributed by atoms with Gasteiger partial charge in [-0.05, 0) is 18.8 Å². The van der Waals surface area contributed by atoms with Gasteiger partial charge in [0.1, 0.15) is 6.04 Å². The van der Waals surface area contributed by atoms with Crippen LogP contribution < -0.4 is 11.5 Å². The summed E-state index contributed by atoms with van der Waals surface area (Å²) in [7, 11) is 0. The molecule has 1 fully saturated rings. The van der Waals surface area contributed by atoms with Crippen LogP contribution in [-0.2, 0) is 4.79 Å². The number of hydrogen-bond acceptors (Lipinski definition) is 2. The van der Waals surface area contributed by atoms with Crippen molar-refractivity contribution in [3.63, 3.8) is 0 Å². The Hall–Kier alpha value is -1.26. The van der Waals surface area contributed by atoms with Crippen LogP contribution in [0.2, 0.25) is 0 Å². The number of carbonyl (C=O) groups is 1. The minimum Gasteiger partial charge on any atom is -0.370 e. The molecular weight excluding hydrogens is 192 g/mol. The molecule has 86 valence electrons. The highest BCUT2D eigenvalue weighted by Gasteiger charge is 2.30. The van der Waals surface area contributed by atoms with Crippen LogP contribution in [0.15, 0.2) is 4.99 Å². The van der Waals surface area contributed by atoms with Crippen LogP contribution >= 0.6 is 0 Å². The van der Waals surface area contributed by atoms with Crippen LogP contribution in [0.5, 0.6) is 0 Å². The van der Waals surface area contributed by atoms with Gasteiger partial charge in [-0.1, -0.05) is 13.8 Å². The number of carbonyl (C=O) groups excluding carboxylic acids is 1. The predicted octanol–water partition coefficient (Wildman–Crippen LogP) is -0.0932. The van der Waals surface area contributed by atoms with Gasteiger partial charge in [-0.15, -0.1) is 0 Å². The number of likely N-dealkylation sites (tertiary alicyclic amines) is 1. The predicted molar refractivity (Wildman–Crippen MR) is 60.2 cm³/mol. The van der Waals surface area contributed by atoms with Gasteiger partial charge < -0.3 is 16.4 Å². The Morgan fingerprint density at radius 1 is 1.53 bits per heavy atom. The van der Waals surface area contributed by atoms with Crippen molar-refractivity contribution in [1.29, 1.82) is 0 Å². The molecule has 1 unspecified atom stereocenters. The standard InChI is InChI=1S/C10H20N4O/c1-7(2)6-13-10(12)14-5-3-4-8(14)9(11)15/h7-8H,3-6H2,1-2H3,(H2,11,15)(H2,12,13). The number of nitrogens with two attached hydrogens (primary N) is 2. The van der Waals surface area contributed by atoms with Gasteiger partial charge in [0.05, 0.1) is 0 Å². The quantitative estimate of drug-likeness (QED) is 0.506. The summed E-state index contributed by atoms with van der Waals surface area (Å²) >= 11 is 0. The highest BCUT2D eigenvalue weighted by atomic mass is 16.1. The van der Waals surface area contributed by atoms with Gasteiger partial charge in [0.15, 0.2) is 5.96 Å². The SMILES string of the molecule is CC(C)CN=C(N)N1CCCC1C(N)=O. The van der Waals surface area contributed by atoms with E-state index in [4.69, 9.17) is 11.5 Å². The molecule has 4 N–H and O–H groups in total. The van der Waals surface area contributed by atoms with E-state index in [1.807, 2.05) is 4.90 Å². The maximum Gasteiger partial charge on any atom is 0.240 e. The molecule has 0 aromatic rings. The number of rotatable bonds is 3. The average Bonchev–Trinajstić information content (AvgIpc) is 2.62. The summed E-state index contributed by atoms with van der Waals surface area (Å²) in [4.78, 5) is 17.2. The van der Waals surface area contributed by atoms with Crippen molar-refractivity contribution < 1.29 is 4.79 Å². The van der Waals surface area contributed by atoms with Crippen molar-refractivity contribution >= 4 is 11.9 Å². The molecule has 0 radical (unpaired) electrons. The van der Waals surface area contributed by atoms with E-state index in [0.717, 1.165) is 19.4 Å². The lowest BCUT2D eigenvalue weighted by molar-refractivity contribution is -0.121. The van der Waals surface area contributed by atoms with Gasteiger partial charge in [0, 0.05) is 13.1 Å². The largest absolute Gasteiger partial charge is 0.370 e. The molecule has 15 heavy (non-hydrogen) atoms. The fraction of sp³-hybridized carbons (Fsp3) is 0.800. The molecule has 5 heteroatoms. The first kappa shape index (κ1) is 11.8. The van der Waals surface area contributed by atoms with E-state index in [9.17, 15) is 4.79 Å².